The predicted octanol–water partition coefficient (Wildman–Crippen LogP) is 4.31. The highest BCUT2D eigenvalue weighted by Gasteiger charge is 2.41. The molecule has 3 unspecified atom stereocenters. The summed E-state index contributed by atoms with van der Waals surface area (Å²) in [5.74, 6) is 0.819. The molecule has 2 fully saturated rings. The van der Waals surface area contributed by atoms with E-state index in [0.717, 1.165) is 5.92 Å². The molecule has 3 atom stereocenters. The van der Waals surface area contributed by atoms with Crippen molar-refractivity contribution in [2.45, 2.75) is 51.1 Å². The number of halogens is 1. The fraction of sp³-hybridized carbons (Fsp3) is 0.529. The van der Waals surface area contributed by atoms with Crippen molar-refractivity contribution >= 4 is 12.4 Å². The Balaban J connectivity index is 0.00000133. The van der Waals surface area contributed by atoms with Gasteiger partial charge in [-0.15, -0.1) is 12.4 Å². The van der Waals surface area contributed by atoms with Gasteiger partial charge in [0.05, 0.1) is 6.04 Å². The highest BCUT2D eigenvalue weighted by molar-refractivity contribution is 5.85. The zero-order valence-corrected chi connectivity index (χ0v) is 12.3. The number of hydrogen-bond acceptors (Lipinski definition) is 1. The quantitative estimate of drug-likeness (QED) is 0.690. The van der Waals surface area contributed by atoms with Gasteiger partial charge in [-0.2, -0.15) is 0 Å². The number of benzene rings is 1. The van der Waals surface area contributed by atoms with Crippen LogP contribution in [0.4, 0.5) is 0 Å². The molecule has 2 aliphatic rings. The van der Waals surface area contributed by atoms with Crippen molar-refractivity contribution in [1.82, 2.24) is 4.90 Å². The Kier molecular flexibility index (Phi) is 4.42. The van der Waals surface area contributed by atoms with Gasteiger partial charge in [0.15, 0.2) is 0 Å². The zero-order chi connectivity index (χ0) is 12.5. The fourth-order valence-corrected chi connectivity index (χ4v) is 3.88. The van der Waals surface area contributed by atoms with Crippen LogP contribution < -0.4 is 0 Å². The highest BCUT2D eigenvalue weighted by atomic mass is 35.5. The molecule has 1 aromatic carbocycles. The number of nitrogens with zero attached hydrogens (tertiary/aromatic N) is 1. The Labute approximate surface area is 122 Å². The monoisotopic (exact) mass is 275 g/mol. The van der Waals surface area contributed by atoms with Crippen LogP contribution >= 0.6 is 12.4 Å². The summed E-state index contributed by atoms with van der Waals surface area (Å²) in [6.07, 6.45) is 12.4. The molecule has 1 aromatic rings. The summed E-state index contributed by atoms with van der Waals surface area (Å²) in [6, 6.07) is 12.8. The van der Waals surface area contributed by atoms with Crippen molar-refractivity contribution in [1.29, 1.82) is 0 Å². The van der Waals surface area contributed by atoms with Crippen molar-refractivity contribution in [2.75, 3.05) is 0 Å². The summed E-state index contributed by atoms with van der Waals surface area (Å²) in [7, 11) is 0. The fourth-order valence-electron chi connectivity index (χ4n) is 3.88. The molecule has 0 bridgehead atoms. The predicted molar refractivity (Wildman–Crippen MR) is 82.2 cm³/mol. The van der Waals surface area contributed by atoms with E-state index in [1.54, 1.807) is 0 Å². The van der Waals surface area contributed by atoms with Crippen molar-refractivity contribution < 1.29 is 0 Å². The minimum absolute atomic E-state index is 0. The Bertz CT molecular complexity index is 476. The average molecular weight is 276 g/mol. The topological polar surface area (TPSA) is 3.24 Å². The van der Waals surface area contributed by atoms with Crippen LogP contribution in [0, 0.1) is 25.3 Å². The minimum atomic E-state index is 0. The maximum absolute atomic E-state index is 5.79. The molecule has 1 nitrogen and oxygen atoms in total. The molecule has 1 saturated carbocycles. The molecule has 0 spiro atoms. The Hall–Kier alpha value is -1.13. The maximum Gasteiger partial charge on any atom is 0.0630 e. The first-order valence-electron chi connectivity index (χ1n) is 7.11. The summed E-state index contributed by atoms with van der Waals surface area (Å²) in [5.41, 5.74) is 2.81. The standard InChI is InChI=1S/C17H21N.ClH/c1-3-18-16-11-7-5-9-14(16)12-17(18)15-10-6-4-8-13(15)2;/h1,4,6,8,10,14,16-17H,5,7,9,11-12H2,2H3;1H. The Morgan fingerprint density at radius 1 is 1.21 bits per heavy atom. The second kappa shape index (κ2) is 5.88. The van der Waals surface area contributed by atoms with E-state index in [2.05, 4.69) is 42.1 Å². The molecule has 3 rings (SSSR count). The first-order valence-corrected chi connectivity index (χ1v) is 7.11. The van der Waals surface area contributed by atoms with Crippen molar-refractivity contribution in [3.63, 3.8) is 0 Å². The molecule has 2 heteroatoms. The minimum Gasteiger partial charge on any atom is -0.322 e. The molecule has 1 aliphatic carbocycles. The van der Waals surface area contributed by atoms with Gasteiger partial charge >= 0.3 is 0 Å². The third-order valence-electron chi connectivity index (χ3n) is 4.78. The van der Waals surface area contributed by atoms with Gasteiger partial charge in [-0.1, -0.05) is 43.5 Å². The molecular weight excluding hydrogens is 254 g/mol. The van der Waals surface area contributed by atoms with Gasteiger partial charge in [0.25, 0.3) is 0 Å². The molecule has 0 N–H and O–H groups in total. The first-order chi connectivity index (χ1) is 8.81. The molecular formula is C17H22ClN. The van der Waals surface area contributed by atoms with E-state index in [4.69, 9.17) is 6.42 Å². The Morgan fingerprint density at radius 3 is 2.68 bits per heavy atom. The van der Waals surface area contributed by atoms with Crippen LogP contribution in [0.5, 0.6) is 0 Å². The number of aryl methyl sites for hydroxylation is 1. The largest absolute Gasteiger partial charge is 0.322 e. The van der Waals surface area contributed by atoms with Crippen LogP contribution in [0.15, 0.2) is 24.3 Å². The second-order valence-corrected chi connectivity index (χ2v) is 5.76. The van der Waals surface area contributed by atoms with Gasteiger partial charge in [-0.05, 0) is 43.2 Å². The van der Waals surface area contributed by atoms with Crippen LogP contribution in [0.3, 0.4) is 0 Å². The molecule has 1 heterocycles. The number of fused-ring (bicyclic) bond motifs is 1. The van der Waals surface area contributed by atoms with E-state index >= 15 is 0 Å². The molecule has 1 saturated heterocycles. The van der Waals surface area contributed by atoms with Gasteiger partial charge in [0.1, 0.15) is 0 Å². The molecule has 102 valence electrons. The molecule has 1 aliphatic heterocycles. The van der Waals surface area contributed by atoms with Gasteiger partial charge in [0.2, 0.25) is 0 Å². The van der Waals surface area contributed by atoms with Crippen LogP contribution in [0.2, 0.25) is 0 Å². The van der Waals surface area contributed by atoms with E-state index in [0.29, 0.717) is 12.1 Å². The molecule has 0 radical (unpaired) electrons. The van der Waals surface area contributed by atoms with Gasteiger partial charge < -0.3 is 4.90 Å². The smallest absolute Gasteiger partial charge is 0.0630 e. The first kappa shape index (κ1) is 14.3. The van der Waals surface area contributed by atoms with Crippen molar-refractivity contribution in [2.24, 2.45) is 5.92 Å². The lowest BCUT2D eigenvalue weighted by Crippen LogP contribution is -2.32. The highest BCUT2D eigenvalue weighted by Crippen LogP contribution is 2.46. The number of rotatable bonds is 1. The number of terminal acetylenes is 1. The third-order valence-corrected chi connectivity index (χ3v) is 4.78. The van der Waals surface area contributed by atoms with E-state index in [-0.39, 0.29) is 12.4 Å². The molecule has 0 amide bonds. The number of likely N-dealkylation sites (tertiary alicyclic amines) is 1. The lowest BCUT2D eigenvalue weighted by atomic mass is 9.84. The average Bonchev–Trinajstić information content (AvgIpc) is 2.77. The molecule has 0 aromatic heterocycles. The summed E-state index contributed by atoms with van der Waals surface area (Å²) in [4.78, 5) is 2.31. The van der Waals surface area contributed by atoms with Crippen molar-refractivity contribution in [3.8, 4) is 12.5 Å². The summed E-state index contributed by atoms with van der Waals surface area (Å²) in [5, 5.41) is 0. The van der Waals surface area contributed by atoms with Crippen LogP contribution in [0.1, 0.15) is 49.3 Å². The van der Waals surface area contributed by atoms with E-state index in [1.807, 2.05) is 0 Å². The van der Waals surface area contributed by atoms with Crippen LogP contribution in [0.25, 0.3) is 0 Å². The van der Waals surface area contributed by atoms with Crippen LogP contribution in [-0.2, 0) is 0 Å². The normalized spacial score (nSPS) is 29.3. The lowest BCUT2D eigenvalue weighted by Gasteiger charge is -2.31. The van der Waals surface area contributed by atoms with Gasteiger partial charge in [0, 0.05) is 12.1 Å². The Morgan fingerprint density at radius 2 is 1.95 bits per heavy atom. The summed E-state index contributed by atoms with van der Waals surface area (Å²) >= 11 is 0. The van der Waals surface area contributed by atoms with E-state index in [9.17, 15) is 0 Å². The SMILES string of the molecule is C#CN1C(c2ccccc2C)CC2CCCCC21.Cl. The van der Waals surface area contributed by atoms with Gasteiger partial charge in [-0.25, -0.2) is 0 Å². The van der Waals surface area contributed by atoms with E-state index in [1.165, 1.54) is 43.2 Å². The van der Waals surface area contributed by atoms with Crippen molar-refractivity contribution in [3.05, 3.63) is 35.4 Å². The maximum atomic E-state index is 5.79. The van der Waals surface area contributed by atoms with Crippen LogP contribution in [-0.4, -0.2) is 10.9 Å². The summed E-state index contributed by atoms with van der Waals surface area (Å²) < 4.78 is 0. The third kappa shape index (κ3) is 2.47. The second-order valence-electron chi connectivity index (χ2n) is 5.76. The molecule has 19 heavy (non-hydrogen) atoms. The number of hydrogen-bond donors (Lipinski definition) is 0. The summed E-state index contributed by atoms with van der Waals surface area (Å²) in [6.45, 7) is 2.20. The zero-order valence-electron chi connectivity index (χ0n) is 11.5. The lowest BCUT2D eigenvalue weighted by molar-refractivity contribution is 0.224. The van der Waals surface area contributed by atoms with E-state index < -0.39 is 0 Å². The van der Waals surface area contributed by atoms with Gasteiger partial charge in [-0.3, -0.25) is 0 Å².